The summed E-state index contributed by atoms with van der Waals surface area (Å²) in [6.07, 6.45) is 6.16. The van der Waals surface area contributed by atoms with Gasteiger partial charge >= 0.3 is 0 Å². The van der Waals surface area contributed by atoms with Crippen LogP contribution < -0.4 is 5.32 Å². The van der Waals surface area contributed by atoms with Crippen LogP contribution in [0.5, 0.6) is 0 Å². The summed E-state index contributed by atoms with van der Waals surface area (Å²) in [5, 5.41) is 3.40. The largest absolute Gasteiger partial charge is 0.381 e. The first kappa shape index (κ1) is 14.9. The normalized spacial score (nSPS) is 11.2. The standard InChI is InChI=1S/C13H29NO/c1-4-9-14-10-5-6-11-15-12-7-8-13(2)3/h13-14H,4-12H2,1-3H3. The maximum Gasteiger partial charge on any atom is 0.0466 e. The first-order chi connectivity index (χ1) is 7.27. The van der Waals surface area contributed by atoms with E-state index in [2.05, 4.69) is 26.1 Å². The van der Waals surface area contributed by atoms with Crippen LogP contribution in [0.25, 0.3) is 0 Å². The molecule has 15 heavy (non-hydrogen) atoms. The molecule has 0 aromatic rings. The lowest BCUT2D eigenvalue weighted by molar-refractivity contribution is 0.124. The molecule has 0 aromatic heterocycles. The fourth-order valence-corrected chi connectivity index (χ4v) is 1.45. The van der Waals surface area contributed by atoms with Crippen molar-refractivity contribution in [3.63, 3.8) is 0 Å². The van der Waals surface area contributed by atoms with Crippen molar-refractivity contribution < 1.29 is 4.74 Å². The van der Waals surface area contributed by atoms with Crippen LogP contribution in [0, 0.1) is 5.92 Å². The molecule has 0 aliphatic rings. The summed E-state index contributed by atoms with van der Waals surface area (Å²) < 4.78 is 5.56. The Hall–Kier alpha value is -0.0800. The van der Waals surface area contributed by atoms with Gasteiger partial charge in [-0.2, -0.15) is 0 Å². The fourth-order valence-electron chi connectivity index (χ4n) is 1.45. The van der Waals surface area contributed by atoms with E-state index >= 15 is 0 Å². The van der Waals surface area contributed by atoms with Crippen LogP contribution in [0.1, 0.15) is 52.9 Å². The van der Waals surface area contributed by atoms with Gasteiger partial charge in [0.1, 0.15) is 0 Å². The molecule has 0 aromatic carbocycles. The topological polar surface area (TPSA) is 21.3 Å². The van der Waals surface area contributed by atoms with Gasteiger partial charge < -0.3 is 10.1 Å². The average Bonchev–Trinajstić information content (AvgIpc) is 2.20. The second kappa shape index (κ2) is 12.0. The van der Waals surface area contributed by atoms with Gasteiger partial charge in [-0.1, -0.05) is 20.8 Å². The SMILES string of the molecule is CCCNCCCCOCCCC(C)C. The molecule has 0 fully saturated rings. The number of nitrogens with one attached hydrogen (secondary N) is 1. The van der Waals surface area contributed by atoms with Crippen molar-refractivity contribution in [2.45, 2.75) is 52.9 Å². The van der Waals surface area contributed by atoms with Crippen molar-refractivity contribution in [1.82, 2.24) is 5.32 Å². The monoisotopic (exact) mass is 215 g/mol. The van der Waals surface area contributed by atoms with E-state index in [1.807, 2.05) is 0 Å². The molecule has 0 aliphatic heterocycles. The van der Waals surface area contributed by atoms with E-state index in [1.54, 1.807) is 0 Å². The van der Waals surface area contributed by atoms with Gasteiger partial charge in [0, 0.05) is 13.2 Å². The highest BCUT2D eigenvalue weighted by molar-refractivity contribution is 4.48. The highest BCUT2D eigenvalue weighted by Crippen LogP contribution is 2.03. The molecule has 0 saturated carbocycles. The van der Waals surface area contributed by atoms with Crippen LogP contribution in [-0.2, 0) is 4.74 Å². The third-order valence-corrected chi connectivity index (χ3v) is 2.39. The fraction of sp³-hybridized carbons (Fsp3) is 1.00. The first-order valence-electron chi connectivity index (χ1n) is 6.55. The van der Waals surface area contributed by atoms with Crippen molar-refractivity contribution in [1.29, 1.82) is 0 Å². The highest BCUT2D eigenvalue weighted by Gasteiger charge is 1.94. The third-order valence-electron chi connectivity index (χ3n) is 2.39. The zero-order valence-electron chi connectivity index (χ0n) is 10.8. The number of hydrogen-bond donors (Lipinski definition) is 1. The Morgan fingerprint density at radius 1 is 1.00 bits per heavy atom. The van der Waals surface area contributed by atoms with Gasteiger partial charge in [-0.3, -0.25) is 0 Å². The lowest BCUT2D eigenvalue weighted by atomic mass is 10.1. The molecule has 0 heterocycles. The minimum atomic E-state index is 0.812. The molecule has 0 aliphatic carbocycles. The van der Waals surface area contributed by atoms with E-state index in [0.717, 1.165) is 32.2 Å². The van der Waals surface area contributed by atoms with Crippen LogP contribution in [0.15, 0.2) is 0 Å². The van der Waals surface area contributed by atoms with Gasteiger partial charge in [0.2, 0.25) is 0 Å². The molecular formula is C13H29NO. The van der Waals surface area contributed by atoms with Gasteiger partial charge in [0.05, 0.1) is 0 Å². The first-order valence-corrected chi connectivity index (χ1v) is 6.55. The van der Waals surface area contributed by atoms with Crippen LogP contribution in [-0.4, -0.2) is 26.3 Å². The van der Waals surface area contributed by atoms with Crippen molar-refractivity contribution >= 4 is 0 Å². The minimum Gasteiger partial charge on any atom is -0.381 e. The quantitative estimate of drug-likeness (QED) is 0.534. The Labute approximate surface area is 95.8 Å². The molecule has 0 unspecified atom stereocenters. The Bertz CT molecular complexity index is 115. The molecule has 2 heteroatoms. The summed E-state index contributed by atoms with van der Waals surface area (Å²) in [6, 6.07) is 0. The maximum atomic E-state index is 5.56. The molecular weight excluding hydrogens is 186 g/mol. The predicted octanol–water partition coefficient (Wildman–Crippen LogP) is 3.22. The van der Waals surface area contributed by atoms with Crippen LogP contribution in [0.2, 0.25) is 0 Å². The van der Waals surface area contributed by atoms with Crippen molar-refractivity contribution in [2.75, 3.05) is 26.3 Å². The summed E-state index contributed by atoms with van der Waals surface area (Å²) in [4.78, 5) is 0. The predicted molar refractivity (Wildman–Crippen MR) is 67.3 cm³/mol. The number of hydrogen-bond acceptors (Lipinski definition) is 2. The second-order valence-corrected chi connectivity index (χ2v) is 4.61. The molecule has 1 N–H and O–H groups in total. The Morgan fingerprint density at radius 2 is 1.73 bits per heavy atom. The smallest absolute Gasteiger partial charge is 0.0466 e. The average molecular weight is 215 g/mol. The van der Waals surface area contributed by atoms with E-state index in [4.69, 9.17) is 4.74 Å². The van der Waals surface area contributed by atoms with Gasteiger partial charge in [-0.15, -0.1) is 0 Å². The van der Waals surface area contributed by atoms with E-state index in [-0.39, 0.29) is 0 Å². The molecule has 2 nitrogen and oxygen atoms in total. The third kappa shape index (κ3) is 13.9. The zero-order chi connectivity index (χ0) is 11.4. The molecule has 92 valence electrons. The van der Waals surface area contributed by atoms with Gasteiger partial charge in [-0.25, -0.2) is 0 Å². The van der Waals surface area contributed by atoms with Crippen LogP contribution in [0.4, 0.5) is 0 Å². The van der Waals surface area contributed by atoms with Crippen molar-refractivity contribution in [2.24, 2.45) is 5.92 Å². The Morgan fingerprint density at radius 3 is 2.40 bits per heavy atom. The van der Waals surface area contributed by atoms with Crippen molar-refractivity contribution in [3.8, 4) is 0 Å². The summed E-state index contributed by atoms with van der Waals surface area (Å²) in [6.45, 7) is 10.9. The van der Waals surface area contributed by atoms with Gasteiger partial charge in [-0.05, 0) is 51.1 Å². The summed E-state index contributed by atoms with van der Waals surface area (Å²) in [5.74, 6) is 0.812. The van der Waals surface area contributed by atoms with Gasteiger partial charge in [0.25, 0.3) is 0 Å². The minimum absolute atomic E-state index is 0.812. The number of unbranched alkanes of at least 4 members (excludes halogenated alkanes) is 1. The Kier molecular flexibility index (Phi) is 11.9. The number of rotatable bonds is 11. The Balaban J connectivity index is 2.87. The van der Waals surface area contributed by atoms with E-state index in [0.29, 0.717) is 0 Å². The molecule has 0 amide bonds. The van der Waals surface area contributed by atoms with Crippen LogP contribution in [0.3, 0.4) is 0 Å². The van der Waals surface area contributed by atoms with E-state index in [1.165, 1.54) is 32.1 Å². The molecule has 0 spiro atoms. The molecule has 0 radical (unpaired) electrons. The van der Waals surface area contributed by atoms with E-state index < -0.39 is 0 Å². The second-order valence-electron chi connectivity index (χ2n) is 4.61. The highest BCUT2D eigenvalue weighted by atomic mass is 16.5. The number of ether oxygens (including phenoxy) is 1. The summed E-state index contributed by atoms with van der Waals surface area (Å²) in [5.41, 5.74) is 0. The lowest BCUT2D eigenvalue weighted by Gasteiger charge is -2.06. The molecule has 0 saturated heterocycles. The molecule has 0 rings (SSSR count). The van der Waals surface area contributed by atoms with Crippen molar-refractivity contribution in [3.05, 3.63) is 0 Å². The van der Waals surface area contributed by atoms with Gasteiger partial charge in [0.15, 0.2) is 0 Å². The molecule has 0 atom stereocenters. The maximum absolute atomic E-state index is 5.56. The zero-order valence-corrected chi connectivity index (χ0v) is 10.8. The van der Waals surface area contributed by atoms with Crippen LogP contribution >= 0.6 is 0 Å². The summed E-state index contributed by atoms with van der Waals surface area (Å²) >= 11 is 0. The lowest BCUT2D eigenvalue weighted by Crippen LogP contribution is -2.16. The van der Waals surface area contributed by atoms with E-state index in [9.17, 15) is 0 Å². The molecule has 0 bridgehead atoms. The summed E-state index contributed by atoms with van der Waals surface area (Å²) in [7, 11) is 0.